The standard InChI is InChI=1S/2C24H30N2O4.C3H6O.6NO3.2Ni.2Sm/c2*1-3-29-21-13-7-9-17(23(21)27)15-25-19-11-5-6-12-20(19)26-16-18-10-8-14-22(24(18)28)30-4-2;1-3(2)4;6*2-1(3)4;;;;/h2*7-10,13-16,19-20,27-28H,3-6,11-12H2,1-2H3;1-2H3;;;;;;;;;;/q;;;6*-1;+2;+3;;+3/p-4/t2*19-,20-;;;;;;;;;;;/m00.........../s1. The molecule has 4 aromatic carbocycles. The van der Waals surface area contributed by atoms with Gasteiger partial charge in [0.2, 0.25) is 0 Å². The van der Waals surface area contributed by atoms with Gasteiger partial charge in [0, 0.05) is 65.2 Å². The van der Waals surface area contributed by atoms with Gasteiger partial charge in [0.25, 0.3) is 0 Å². The number of carbonyl (C=O) groups excluding carboxylic acids is 1. The quantitative estimate of drug-likeness (QED) is 0.0527. The molecule has 0 saturated heterocycles. The van der Waals surface area contributed by atoms with E-state index < -0.39 is 30.5 Å². The molecule has 2 aliphatic rings. The summed E-state index contributed by atoms with van der Waals surface area (Å²) in [6.07, 6.45) is 14.5. The fraction of sp³-hybridized carbons (Fsp3) is 0.431. The third kappa shape index (κ3) is 52.2. The SMILES string of the molecule is CC(C)=O.CCOc1cccc(C=N[C@H]2CCCC[C@@H]2N=Cc2cccc(OCC)c2[O-])c1[O-].CCOc1cccc(C=N[C@H]2CCCC[C@@H]2N=Cc2cccc(OCC)c2[O-])c1[O-].O=[N+]([O-])[O-].O=[N+]([O-])[O-].O=[N+]([O-])[O-].O=[N+]([O-])[O-].O=[N+]([O-])[O-].O=[N+]([O-])[O-].[Ni+2].[Ni+3].[Sm+3].[Sm]. The molecule has 0 bridgehead atoms. The second-order valence-electron chi connectivity index (χ2n) is 16.6. The molecule has 0 aromatic heterocycles. The van der Waals surface area contributed by atoms with Gasteiger partial charge in [-0.1, -0.05) is 97.2 Å². The first-order valence-corrected chi connectivity index (χ1v) is 25.6. The van der Waals surface area contributed by atoms with Gasteiger partial charge in [0.15, 0.2) is 0 Å². The molecule has 2 fully saturated rings. The maximum Gasteiger partial charge on any atom is 3.00 e. The Kier molecular flexibility index (Phi) is 63.7. The number of carbonyl (C=O) groups is 1. The van der Waals surface area contributed by atoms with Crippen molar-refractivity contribution in [1.82, 2.24) is 0 Å². The minimum Gasteiger partial charge on any atom is -0.870 e. The molecular weight excluding hydrogens is 1600 g/mol. The number of hydrogen-bond donors (Lipinski definition) is 0. The summed E-state index contributed by atoms with van der Waals surface area (Å²) < 4.78 is 21.5. The molecular formula is C51H62N10Ni2O27Sm2-2. The van der Waals surface area contributed by atoms with Crippen LogP contribution in [0, 0.1) is 173 Å². The summed E-state index contributed by atoms with van der Waals surface area (Å²) >= 11 is 0. The zero-order valence-electron chi connectivity index (χ0n) is 49.5. The van der Waals surface area contributed by atoms with Crippen LogP contribution in [0.1, 0.15) is 115 Å². The van der Waals surface area contributed by atoms with Crippen molar-refractivity contribution in [3.05, 3.63) is 187 Å². The number of Topliss-reactive ketones (excluding diaryl/α,β-unsaturated/α-hetero) is 1. The Morgan fingerprint density at radius 2 is 0.543 bits per heavy atom. The van der Waals surface area contributed by atoms with Gasteiger partial charge in [-0.15, -0.1) is 0 Å². The van der Waals surface area contributed by atoms with Crippen molar-refractivity contribution in [3.8, 4) is 46.0 Å². The molecule has 0 N–H and O–H groups in total. The zero-order chi connectivity index (χ0) is 67.7. The Labute approximate surface area is 610 Å². The summed E-state index contributed by atoms with van der Waals surface area (Å²) in [6.45, 7) is 12.2. The Hall–Kier alpha value is -7.51. The van der Waals surface area contributed by atoms with Crippen molar-refractivity contribution in [2.24, 2.45) is 20.0 Å². The van der Waals surface area contributed by atoms with E-state index in [1.54, 1.807) is 97.7 Å². The third-order valence-electron chi connectivity index (χ3n) is 10.2. The van der Waals surface area contributed by atoms with Crippen LogP contribution in [0.25, 0.3) is 0 Å². The predicted octanol–water partition coefficient (Wildman–Crippen LogP) is 6.12. The summed E-state index contributed by atoms with van der Waals surface area (Å²) in [7, 11) is 0. The molecule has 0 unspecified atom stereocenters. The van der Waals surface area contributed by atoms with E-state index in [1.807, 2.05) is 27.7 Å². The van der Waals surface area contributed by atoms with Crippen molar-refractivity contribution >= 4 is 30.6 Å². The Morgan fingerprint density at radius 1 is 0.402 bits per heavy atom. The zero-order valence-corrected chi connectivity index (χ0v) is 56.7. The summed E-state index contributed by atoms with van der Waals surface area (Å²) in [5.74, 6) is 0.943. The van der Waals surface area contributed by atoms with Gasteiger partial charge in [0.05, 0.1) is 81.1 Å². The second-order valence-corrected chi connectivity index (χ2v) is 16.6. The minimum absolute atomic E-state index is 0. The molecule has 4 aromatic rings. The van der Waals surface area contributed by atoms with E-state index in [9.17, 15) is 25.2 Å². The maximum absolute atomic E-state index is 12.5. The van der Waals surface area contributed by atoms with E-state index in [0.717, 1.165) is 51.4 Å². The molecule has 2 aliphatic carbocycles. The van der Waals surface area contributed by atoms with Crippen LogP contribution < -0.4 is 39.4 Å². The van der Waals surface area contributed by atoms with Gasteiger partial charge in [0.1, 0.15) is 28.8 Å². The van der Waals surface area contributed by atoms with Crippen LogP contribution in [0.2, 0.25) is 0 Å². The van der Waals surface area contributed by atoms with Crippen LogP contribution in [0.5, 0.6) is 46.0 Å². The van der Waals surface area contributed by atoms with E-state index in [2.05, 4.69) is 20.0 Å². The van der Waals surface area contributed by atoms with Gasteiger partial charge in [-0.05, 0) is 114 Å². The summed E-state index contributed by atoms with van der Waals surface area (Å²) in [5, 5.41) is 138. The molecule has 0 heterocycles. The number of ether oxygens (including phenoxy) is 4. The smallest absolute Gasteiger partial charge is 0.870 e. The Balaban J connectivity index is -0.000000216. The fourth-order valence-corrected chi connectivity index (χ4v) is 7.20. The second kappa shape index (κ2) is 59.8. The first-order valence-electron chi connectivity index (χ1n) is 25.6. The monoisotopic (exact) mass is 1670 g/mol. The predicted molar refractivity (Wildman–Crippen MR) is 309 cm³/mol. The van der Waals surface area contributed by atoms with Gasteiger partial charge >= 0.3 is 73.4 Å². The molecule has 512 valence electrons. The van der Waals surface area contributed by atoms with Crippen LogP contribution >= 0.6 is 0 Å². The van der Waals surface area contributed by atoms with Crippen molar-refractivity contribution < 1.29 is 188 Å². The number of benzene rings is 4. The van der Waals surface area contributed by atoms with Crippen molar-refractivity contribution in [2.45, 2.75) is 117 Å². The van der Waals surface area contributed by atoms with Gasteiger partial charge in [-0.2, -0.15) is 0 Å². The molecule has 0 spiro atoms. The van der Waals surface area contributed by atoms with Crippen LogP contribution in [-0.4, -0.2) is 112 Å². The fourth-order valence-electron chi connectivity index (χ4n) is 7.20. The van der Waals surface area contributed by atoms with E-state index in [1.165, 1.54) is 13.8 Å². The number of hydrogen-bond acceptors (Lipinski definition) is 31. The topological polar surface area (TPSA) is 593 Å². The largest absolute Gasteiger partial charge is 3.00 e. The van der Waals surface area contributed by atoms with E-state index in [-0.39, 0.29) is 167 Å². The van der Waals surface area contributed by atoms with Crippen molar-refractivity contribution in [3.63, 3.8) is 0 Å². The van der Waals surface area contributed by atoms with Crippen LogP contribution in [0.3, 0.4) is 0 Å². The summed E-state index contributed by atoms with van der Waals surface area (Å²) in [5.41, 5.74) is 2.06. The first-order chi connectivity index (χ1) is 41.4. The van der Waals surface area contributed by atoms with Gasteiger partial charge in [-0.25, -0.2) is 0 Å². The van der Waals surface area contributed by atoms with E-state index >= 15 is 0 Å². The summed E-state index contributed by atoms with van der Waals surface area (Å²) in [6, 6.07) is 20.8. The third-order valence-corrected chi connectivity index (χ3v) is 10.2. The minimum atomic E-state index is -1.75. The number of aliphatic imine (C=N–C) groups is 4. The van der Waals surface area contributed by atoms with E-state index in [4.69, 9.17) is 111 Å². The number of ketones is 1. The maximum atomic E-state index is 12.5. The Bertz CT molecular complexity index is 2450. The van der Waals surface area contributed by atoms with E-state index in [0.29, 0.717) is 71.7 Å². The molecule has 4 atom stereocenters. The van der Waals surface area contributed by atoms with Crippen molar-refractivity contribution in [2.75, 3.05) is 26.4 Å². The molecule has 37 nitrogen and oxygen atoms in total. The van der Waals surface area contributed by atoms with Crippen LogP contribution in [-0.2, 0) is 37.8 Å². The number of para-hydroxylation sites is 4. The normalized spacial score (nSPS) is 14.5. The summed E-state index contributed by atoms with van der Waals surface area (Å²) in [4.78, 5) is 77.7. The molecule has 41 heteroatoms. The molecule has 92 heavy (non-hydrogen) atoms. The van der Waals surface area contributed by atoms with Gasteiger partial charge in [-0.3, -0.25) is 20.0 Å². The average Bonchev–Trinajstić information content (AvgIpc) is 1.07. The Morgan fingerprint density at radius 3 is 0.674 bits per heavy atom. The molecule has 6 rings (SSSR count). The number of nitrogens with zero attached hydrogens (tertiary/aromatic N) is 10. The van der Waals surface area contributed by atoms with Crippen molar-refractivity contribution in [1.29, 1.82) is 0 Å². The molecule has 2 radical (unpaired) electrons. The van der Waals surface area contributed by atoms with Crippen LogP contribution in [0.4, 0.5) is 0 Å². The van der Waals surface area contributed by atoms with Crippen LogP contribution in [0.15, 0.2) is 92.8 Å². The average molecular weight is 1670 g/mol. The molecule has 2 saturated carbocycles. The first kappa shape index (κ1) is 98.1. The van der Waals surface area contributed by atoms with Gasteiger partial charge < -0.3 is 136 Å². The molecule has 0 amide bonds. The molecule has 0 aliphatic heterocycles. The number of rotatable bonds is 16.